The molecule has 1 atom stereocenters. The summed E-state index contributed by atoms with van der Waals surface area (Å²) in [5, 5.41) is 2.61. The lowest BCUT2D eigenvalue weighted by Crippen LogP contribution is -2.27. The maximum Gasteiger partial charge on any atom is 0.416 e. The Bertz CT molecular complexity index is 1100. The number of esters is 1. The van der Waals surface area contributed by atoms with Gasteiger partial charge in [-0.3, -0.25) is 4.98 Å². The van der Waals surface area contributed by atoms with Gasteiger partial charge in [-0.2, -0.15) is 13.2 Å². The fourth-order valence-corrected chi connectivity index (χ4v) is 3.45. The predicted octanol–water partition coefficient (Wildman–Crippen LogP) is 6.01. The summed E-state index contributed by atoms with van der Waals surface area (Å²) in [4.78, 5) is 16.6. The smallest absolute Gasteiger partial charge is 0.416 e. The van der Waals surface area contributed by atoms with Crippen molar-refractivity contribution < 1.29 is 27.1 Å². The van der Waals surface area contributed by atoms with Crippen molar-refractivity contribution >= 4 is 11.7 Å². The minimum Gasteiger partial charge on any atom is -0.459 e. The third-order valence-corrected chi connectivity index (χ3v) is 5.27. The maximum atomic E-state index is 14.7. The molecule has 8 heteroatoms. The molecule has 1 saturated carbocycles. The predicted molar refractivity (Wildman–Crippen MR) is 110 cm³/mol. The molecule has 1 fully saturated rings. The van der Waals surface area contributed by atoms with Crippen LogP contribution in [0.25, 0.3) is 0 Å². The van der Waals surface area contributed by atoms with Crippen molar-refractivity contribution in [1.29, 1.82) is 0 Å². The minimum absolute atomic E-state index is 0.0898. The van der Waals surface area contributed by atoms with E-state index in [1.54, 1.807) is 36.4 Å². The van der Waals surface area contributed by atoms with Gasteiger partial charge in [0.2, 0.25) is 0 Å². The van der Waals surface area contributed by atoms with Crippen LogP contribution < -0.4 is 5.32 Å². The number of alkyl halides is 3. The van der Waals surface area contributed by atoms with Gasteiger partial charge in [0.25, 0.3) is 0 Å². The lowest BCUT2D eigenvalue weighted by molar-refractivity contribution is -0.147. The summed E-state index contributed by atoms with van der Waals surface area (Å²) in [6.45, 7) is -0.136. The van der Waals surface area contributed by atoms with E-state index >= 15 is 0 Å². The number of halogens is 4. The standard InChI is InChI=1S/C24H20F4N2O2/c25-20-12-17(16-6-7-16)8-9-21(20)30-22(18-13-29-11-10-19(18)24(26,27)28)23(31)32-14-15-4-2-1-3-5-15/h1-5,8-13,16,22,30H,6-7,14H2. The van der Waals surface area contributed by atoms with Crippen molar-refractivity contribution in [3.63, 3.8) is 0 Å². The van der Waals surface area contributed by atoms with Crippen molar-refractivity contribution in [3.8, 4) is 0 Å². The van der Waals surface area contributed by atoms with Crippen LogP contribution in [0.3, 0.4) is 0 Å². The molecule has 1 N–H and O–H groups in total. The number of pyridine rings is 1. The molecule has 0 aliphatic heterocycles. The number of carbonyl (C=O) groups excluding carboxylic acids is 1. The molecule has 4 rings (SSSR count). The Labute approximate surface area is 182 Å². The average Bonchev–Trinajstić information content (AvgIpc) is 3.62. The molecule has 32 heavy (non-hydrogen) atoms. The number of nitrogens with zero attached hydrogens (tertiary/aromatic N) is 1. The van der Waals surface area contributed by atoms with E-state index in [1.165, 1.54) is 12.1 Å². The monoisotopic (exact) mass is 444 g/mol. The largest absolute Gasteiger partial charge is 0.459 e. The molecule has 0 radical (unpaired) electrons. The van der Waals surface area contributed by atoms with Crippen LogP contribution in [-0.4, -0.2) is 11.0 Å². The number of hydrogen-bond acceptors (Lipinski definition) is 4. The summed E-state index contributed by atoms with van der Waals surface area (Å²) in [5.41, 5.74) is -0.0798. The second-order valence-corrected chi connectivity index (χ2v) is 7.64. The van der Waals surface area contributed by atoms with Gasteiger partial charge >= 0.3 is 12.1 Å². The van der Waals surface area contributed by atoms with Gasteiger partial charge in [-0.05, 0) is 48.1 Å². The lowest BCUT2D eigenvalue weighted by Gasteiger charge is -2.22. The van der Waals surface area contributed by atoms with Crippen molar-refractivity contribution in [2.24, 2.45) is 0 Å². The molecule has 0 saturated heterocycles. The highest BCUT2D eigenvalue weighted by atomic mass is 19.4. The van der Waals surface area contributed by atoms with Crippen LogP contribution in [0.4, 0.5) is 23.2 Å². The molecule has 166 valence electrons. The Kier molecular flexibility index (Phi) is 6.12. The van der Waals surface area contributed by atoms with E-state index in [-0.39, 0.29) is 12.3 Å². The van der Waals surface area contributed by atoms with Crippen LogP contribution in [0.15, 0.2) is 67.0 Å². The van der Waals surface area contributed by atoms with Crippen LogP contribution in [0.1, 0.15) is 47.1 Å². The molecule has 3 aromatic rings. The Morgan fingerprint density at radius 1 is 1.12 bits per heavy atom. The van der Waals surface area contributed by atoms with Gasteiger partial charge in [0.05, 0.1) is 11.3 Å². The molecule has 0 bridgehead atoms. The molecule has 1 unspecified atom stereocenters. The van der Waals surface area contributed by atoms with E-state index in [0.29, 0.717) is 11.5 Å². The van der Waals surface area contributed by atoms with Gasteiger partial charge in [-0.15, -0.1) is 0 Å². The number of carbonyl (C=O) groups is 1. The molecular formula is C24H20F4N2O2. The van der Waals surface area contributed by atoms with Gasteiger partial charge < -0.3 is 10.1 Å². The molecule has 1 aliphatic carbocycles. The quantitative estimate of drug-likeness (QED) is 0.358. The first-order chi connectivity index (χ1) is 15.3. The van der Waals surface area contributed by atoms with Crippen LogP contribution >= 0.6 is 0 Å². The summed E-state index contributed by atoms with van der Waals surface area (Å²) in [6.07, 6.45) is -0.840. The third kappa shape index (κ3) is 5.07. The summed E-state index contributed by atoms with van der Waals surface area (Å²) < 4.78 is 60.8. The molecule has 1 heterocycles. The van der Waals surface area contributed by atoms with Crippen LogP contribution in [0.2, 0.25) is 0 Å². The Hall–Kier alpha value is -3.42. The van der Waals surface area contributed by atoms with Gasteiger partial charge in [-0.1, -0.05) is 36.4 Å². The van der Waals surface area contributed by atoms with Crippen molar-refractivity contribution in [1.82, 2.24) is 4.98 Å². The molecule has 0 spiro atoms. The van der Waals surface area contributed by atoms with E-state index in [9.17, 15) is 22.4 Å². The van der Waals surface area contributed by atoms with E-state index in [0.717, 1.165) is 36.9 Å². The zero-order chi connectivity index (χ0) is 22.7. The van der Waals surface area contributed by atoms with E-state index < -0.39 is 35.1 Å². The van der Waals surface area contributed by atoms with Crippen LogP contribution in [-0.2, 0) is 22.3 Å². The minimum atomic E-state index is -4.73. The Morgan fingerprint density at radius 3 is 2.53 bits per heavy atom. The highest BCUT2D eigenvalue weighted by molar-refractivity contribution is 5.81. The van der Waals surface area contributed by atoms with Crippen LogP contribution in [0, 0.1) is 5.82 Å². The zero-order valence-corrected chi connectivity index (χ0v) is 16.9. The van der Waals surface area contributed by atoms with E-state index in [1.807, 2.05) is 0 Å². The molecular weight excluding hydrogens is 424 g/mol. The van der Waals surface area contributed by atoms with Gasteiger partial charge in [0, 0.05) is 18.0 Å². The molecule has 4 nitrogen and oxygen atoms in total. The summed E-state index contributed by atoms with van der Waals surface area (Å²) in [6, 6.07) is 12.4. The molecule has 1 aliphatic rings. The van der Waals surface area contributed by atoms with Gasteiger partial charge in [-0.25, -0.2) is 9.18 Å². The van der Waals surface area contributed by atoms with Gasteiger partial charge in [0.1, 0.15) is 12.4 Å². The average molecular weight is 444 g/mol. The Morgan fingerprint density at radius 2 is 1.88 bits per heavy atom. The second-order valence-electron chi connectivity index (χ2n) is 7.64. The molecule has 1 aromatic heterocycles. The maximum absolute atomic E-state index is 14.7. The van der Waals surface area contributed by atoms with E-state index in [4.69, 9.17) is 4.74 Å². The topological polar surface area (TPSA) is 51.2 Å². The lowest BCUT2D eigenvalue weighted by atomic mass is 10.0. The number of aromatic nitrogens is 1. The SMILES string of the molecule is O=C(OCc1ccccc1)C(Nc1ccc(C2CC2)cc1F)c1cnccc1C(F)(F)F. The number of benzene rings is 2. The highest BCUT2D eigenvalue weighted by Gasteiger charge is 2.38. The first-order valence-electron chi connectivity index (χ1n) is 10.1. The third-order valence-electron chi connectivity index (χ3n) is 5.27. The zero-order valence-electron chi connectivity index (χ0n) is 16.9. The molecule has 0 amide bonds. The van der Waals surface area contributed by atoms with Crippen LogP contribution in [0.5, 0.6) is 0 Å². The van der Waals surface area contributed by atoms with Crippen molar-refractivity contribution in [3.05, 3.63) is 95.1 Å². The van der Waals surface area contributed by atoms with Crippen molar-refractivity contribution in [2.75, 3.05) is 5.32 Å². The summed E-state index contributed by atoms with van der Waals surface area (Å²) in [7, 11) is 0. The first kappa shape index (κ1) is 21.8. The number of ether oxygens (including phenoxy) is 1. The highest BCUT2D eigenvalue weighted by Crippen LogP contribution is 2.41. The van der Waals surface area contributed by atoms with Gasteiger partial charge in [0.15, 0.2) is 6.04 Å². The fourth-order valence-electron chi connectivity index (χ4n) is 3.45. The summed E-state index contributed by atoms with van der Waals surface area (Å²) in [5.74, 6) is -1.31. The normalized spacial score (nSPS) is 14.6. The number of hydrogen-bond donors (Lipinski definition) is 1. The number of anilines is 1. The second kappa shape index (κ2) is 8.98. The number of nitrogens with one attached hydrogen (secondary N) is 1. The fraction of sp³-hybridized carbons (Fsp3) is 0.250. The molecule has 2 aromatic carbocycles. The first-order valence-corrected chi connectivity index (χ1v) is 10.1. The summed E-state index contributed by atoms with van der Waals surface area (Å²) >= 11 is 0. The van der Waals surface area contributed by atoms with Crippen molar-refractivity contribution in [2.45, 2.75) is 37.6 Å². The Balaban J connectivity index is 1.64. The number of rotatable bonds is 7. The van der Waals surface area contributed by atoms with E-state index in [2.05, 4.69) is 10.3 Å².